The van der Waals surface area contributed by atoms with E-state index in [1.807, 2.05) is 4.90 Å². The summed E-state index contributed by atoms with van der Waals surface area (Å²) in [5, 5.41) is 0. The molecule has 26 heavy (non-hydrogen) atoms. The van der Waals surface area contributed by atoms with Crippen LogP contribution in [0.5, 0.6) is 0 Å². The van der Waals surface area contributed by atoms with Gasteiger partial charge >= 0.3 is 0 Å². The van der Waals surface area contributed by atoms with Crippen molar-refractivity contribution in [1.82, 2.24) is 14.7 Å². The largest absolute Gasteiger partial charge is 0.341 e. The van der Waals surface area contributed by atoms with Gasteiger partial charge in [0.15, 0.2) is 0 Å². The van der Waals surface area contributed by atoms with E-state index in [-0.39, 0.29) is 23.9 Å². The Kier molecular flexibility index (Phi) is 5.77. The zero-order valence-corrected chi connectivity index (χ0v) is 15.7. The highest BCUT2D eigenvalue weighted by atomic mass is 16.2. The van der Waals surface area contributed by atoms with Crippen LogP contribution in [0.1, 0.15) is 31.2 Å². The number of amides is 2. The van der Waals surface area contributed by atoms with Crippen molar-refractivity contribution in [2.45, 2.75) is 31.2 Å². The predicted molar refractivity (Wildman–Crippen MR) is 103 cm³/mol. The molecule has 0 spiro atoms. The number of nitrogens with zero attached hydrogens (tertiary/aromatic N) is 3. The van der Waals surface area contributed by atoms with Crippen LogP contribution in [0.15, 0.2) is 43.0 Å². The lowest BCUT2D eigenvalue weighted by Gasteiger charge is -2.48. The van der Waals surface area contributed by atoms with Gasteiger partial charge in [-0.25, -0.2) is 0 Å². The smallest absolute Gasteiger partial charge is 0.246 e. The minimum Gasteiger partial charge on any atom is -0.341 e. The van der Waals surface area contributed by atoms with E-state index >= 15 is 0 Å². The molecule has 5 nitrogen and oxygen atoms in total. The van der Waals surface area contributed by atoms with Gasteiger partial charge in [0, 0.05) is 25.7 Å². The molecule has 0 atom stereocenters. The summed E-state index contributed by atoms with van der Waals surface area (Å²) in [5.74, 6) is -0.197. The zero-order chi connectivity index (χ0) is 18.6. The average molecular weight is 355 g/mol. The topological polar surface area (TPSA) is 43.9 Å². The maximum atomic E-state index is 12.6. The maximum Gasteiger partial charge on any atom is 0.246 e. The number of likely N-dealkylation sites (tertiary alicyclic amines) is 2. The van der Waals surface area contributed by atoms with Crippen molar-refractivity contribution in [1.29, 1.82) is 0 Å². The third-order valence-electron chi connectivity index (χ3n) is 5.89. The fraction of sp³-hybridized carbons (Fsp3) is 0.524. The molecule has 0 unspecified atom stereocenters. The Bertz CT molecular complexity index is 644. The van der Waals surface area contributed by atoms with Crippen molar-refractivity contribution < 1.29 is 9.59 Å². The third kappa shape index (κ3) is 3.68. The van der Waals surface area contributed by atoms with Gasteiger partial charge < -0.3 is 9.80 Å². The Labute approximate surface area is 156 Å². The Balaban J connectivity index is 1.70. The second-order valence-electron chi connectivity index (χ2n) is 7.37. The molecule has 0 radical (unpaired) electrons. The van der Waals surface area contributed by atoms with Crippen LogP contribution in [0.4, 0.5) is 0 Å². The molecule has 5 heteroatoms. The first-order valence-corrected chi connectivity index (χ1v) is 9.53. The molecule has 2 heterocycles. The maximum absolute atomic E-state index is 12.6. The van der Waals surface area contributed by atoms with E-state index in [1.54, 1.807) is 7.05 Å². The van der Waals surface area contributed by atoms with Crippen LogP contribution in [-0.2, 0) is 15.1 Å². The Morgan fingerprint density at radius 1 is 1.12 bits per heavy atom. The molecule has 3 rings (SSSR count). The summed E-state index contributed by atoms with van der Waals surface area (Å²) in [6.07, 6.45) is 5.65. The Hall–Kier alpha value is -2.14. The fourth-order valence-corrected chi connectivity index (χ4v) is 4.34. The van der Waals surface area contributed by atoms with Crippen molar-refractivity contribution in [2.75, 3.05) is 39.8 Å². The molecule has 2 fully saturated rings. The lowest BCUT2D eigenvalue weighted by molar-refractivity contribution is -0.139. The molecule has 0 aliphatic carbocycles. The summed E-state index contributed by atoms with van der Waals surface area (Å²) in [7, 11) is 1.64. The Morgan fingerprint density at radius 2 is 1.73 bits per heavy atom. The summed E-state index contributed by atoms with van der Waals surface area (Å²) in [6.45, 7) is 7.34. The minimum atomic E-state index is -0.217. The monoisotopic (exact) mass is 355 g/mol. The van der Waals surface area contributed by atoms with Crippen molar-refractivity contribution in [3.63, 3.8) is 0 Å². The van der Waals surface area contributed by atoms with Crippen LogP contribution in [0.3, 0.4) is 0 Å². The van der Waals surface area contributed by atoms with E-state index in [1.165, 1.54) is 29.4 Å². The molecule has 1 aromatic rings. The van der Waals surface area contributed by atoms with E-state index in [4.69, 9.17) is 0 Å². The lowest BCUT2D eigenvalue weighted by atomic mass is 9.79. The van der Waals surface area contributed by atoms with Crippen LogP contribution < -0.4 is 0 Å². The number of carbonyl (C=O) groups is 2. The molecular formula is C21H29N3O2. The van der Waals surface area contributed by atoms with Crippen LogP contribution >= 0.6 is 0 Å². The number of rotatable bonds is 5. The van der Waals surface area contributed by atoms with E-state index in [0.717, 1.165) is 39.0 Å². The lowest BCUT2D eigenvalue weighted by Crippen LogP contribution is -2.54. The van der Waals surface area contributed by atoms with Crippen LogP contribution in [0.2, 0.25) is 0 Å². The number of piperidine rings is 1. The van der Waals surface area contributed by atoms with Gasteiger partial charge in [-0.1, -0.05) is 36.9 Å². The molecule has 2 aliphatic rings. The molecule has 0 saturated carbocycles. The molecule has 2 amide bonds. The van der Waals surface area contributed by atoms with Crippen molar-refractivity contribution >= 4 is 11.8 Å². The first-order chi connectivity index (χ1) is 12.6. The molecular weight excluding hydrogens is 326 g/mol. The second kappa shape index (κ2) is 8.04. The highest BCUT2D eigenvalue weighted by molar-refractivity contribution is 5.90. The van der Waals surface area contributed by atoms with Gasteiger partial charge in [-0.05, 0) is 50.4 Å². The second-order valence-corrected chi connectivity index (χ2v) is 7.37. The van der Waals surface area contributed by atoms with Crippen LogP contribution in [-0.4, -0.2) is 66.3 Å². The molecule has 0 bridgehead atoms. The number of likely N-dealkylation sites (N-methyl/N-ethyl adjacent to an activating group) is 1. The van der Waals surface area contributed by atoms with Crippen LogP contribution in [0.25, 0.3) is 0 Å². The molecule has 2 saturated heterocycles. The van der Waals surface area contributed by atoms with E-state index in [9.17, 15) is 9.59 Å². The Morgan fingerprint density at radius 3 is 2.31 bits per heavy atom. The minimum absolute atomic E-state index is 0.0192. The SMILES string of the molecule is C=CC(=O)N(C)CC(=O)N1CCC(c2ccccc2)(N2CCCC2)CC1. The highest BCUT2D eigenvalue weighted by Gasteiger charge is 2.42. The van der Waals surface area contributed by atoms with Gasteiger partial charge in [0.2, 0.25) is 11.8 Å². The highest BCUT2D eigenvalue weighted by Crippen LogP contribution is 2.40. The molecule has 0 aromatic heterocycles. The van der Waals surface area contributed by atoms with Crippen molar-refractivity contribution in [3.8, 4) is 0 Å². The zero-order valence-electron chi connectivity index (χ0n) is 15.7. The normalized spacial score (nSPS) is 20.0. The number of benzene rings is 1. The van der Waals surface area contributed by atoms with Crippen molar-refractivity contribution in [3.05, 3.63) is 48.6 Å². The van der Waals surface area contributed by atoms with Crippen molar-refractivity contribution in [2.24, 2.45) is 0 Å². The number of carbonyl (C=O) groups excluding carboxylic acids is 2. The summed E-state index contributed by atoms with van der Waals surface area (Å²) in [4.78, 5) is 30.2. The summed E-state index contributed by atoms with van der Waals surface area (Å²) in [6, 6.07) is 10.7. The van der Waals surface area contributed by atoms with Gasteiger partial charge in [-0.3, -0.25) is 14.5 Å². The molecule has 140 valence electrons. The molecule has 1 aromatic carbocycles. The third-order valence-corrected chi connectivity index (χ3v) is 5.89. The summed E-state index contributed by atoms with van der Waals surface area (Å²) >= 11 is 0. The van der Waals surface area contributed by atoms with Gasteiger partial charge in [0.05, 0.1) is 6.54 Å². The standard InChI is InChI=1S/C21H29N3O2/c1-3-19(25)22(2)17-20(26)23-15-11-21(12-16-23,24-13-7-8-14-24)18-9-5-4-6-10-18/h3-6,9-10H,1,7-8,11-17H2,2H3. The molecule has 0 N–H and O–H groups in total. The van der Waals surface area contributed by atoms with Crippen LogP contribution in [0, 0.1) is 0 Å². The summed E-state index contributed by atoms with van der Waals surface area (Å²) in [5.41, 5.74) is 1.41. The predicted octanol–water partition coefficient (Wildman–Crippen LogP) is 2.24. The van der Waals surface area contributed by atoms with E-state index in [2.05, 4.69) is 41.8 Å². The van der Waals surface area contributed by atoms with Gasteiger partial charge in [0.25, 0.3) is 0 Å². The van der Waals surface area contributed by atoms with Gasteiger partial charge in [-0.15, -0.1) is 0 Å². The average Bonchev–Trinajstić information content (AvgIpc) is 3.23. The van der Waals surface area contributed by atoms with Gasteiger partial charge in [-0.2, -0.15) is 0 Å². The quantitative estimate of drug-likeness (QED) is 0.761. The van der Waals surface area contributed by atoms with E-state index < -0.39 is 0 Å². The summed E-state index contributed by atoms with van der Waals surface area (Å²) < 4.78 is 0. The van der Waals surface area contributed by atoms with Gasteiger partial charge in [0.1, 0.15) is 0 Å². The van der Waals surface area contributed by atoms with E-state index in [0.29, 0.717) is 0 Å². The first kappa shape index (κ1) is 18.6. The first-order valence-electron chi connectivity index (χ1n) is 9.53. The molecule has 2 aliphatic heterocycles. The number of hydrogen-bond acceptors (Lipinski definition) is 3. The number of hydrogen-bond donors (Lipinski definition) is 0. The fourth-order valence-electron chi connectivity index (χ4n) is 4.34.